The molecule has 0 aliphatic carbocycles. The summed E-state index contributed by atoms with van der Waals surface area (Å²) in [6, 6.07) is 13.0. The summed E-state index contributed by atoms with van der Waals surface area (Å²) in [6.07, 6.45) is 3.65. The number of hydrogen-bond acceptors (Lipinski definition) is 2. The van der Waals surface area contributed by atoms with Crippen LogP contribution in [0.2, 0.25) is 0 Å². The predicted octanol–water partition coefficient (Wildman–Crippen LogP) is 2.98. The largest absolute Gasteiger partial charge is 0.314 e. The molecular weight excluding hydrogens is 239 g/mol. The van der Waals surface area contributed by atoms with Gasteiger partial charge in [0.15, 0.2) is 0 Å². The lowest BCUT2D eigenvalue weighted by atomic mass is 10.1. The lowest BCUT2D eigenvalue weighted by Crippen LogP contribution is -2.30. The summed E-state index contributed by atoms with van der Waals surface area (Å²) in [4.78, 5) is 4.29. The predicted molar refractivity (Wildman–Crippen MR) is 75.5 cm³/mol. The standard InChI is InChI=1S/C16H19FN2/c1-13(12-14-5-7-15(17)8-6-14)18-11-9-16-4-2-3-10-19-16/h2-8,10,13,18H,9,11-12H2,1H3. The van der Waals surface area contributed by atoms with Gasteiger partial charge in [-0.2, -0.15) is 0 Å². The van der Waals surface area contributed by atoms with Crippen LogP contribution < -0.4 is 5.32 Å². The van der Waals surface area contributed by atoms with Crippen LogP contribution in [0.1, 0.15) is 18.2 Å². The van der Waals surface area contributed by atoms with Crippen LogP contribution in [-0.2, 0) is 12.8 Å². The number of pyridine rings is 1. The molecule has 0 aliphatic heterocycles. The van der Waals surface area contributed by atoms with Gasteiger partial charge in [0.05, 0.1) is 0 Å². The molecule has 0 aliphatic rings. The third kappa shape index (κ3) is 4.79. The highest BCUT2D eigenvalue weighted by atomic mass is 19.1. The van der Waals surface area contributed by atoms with Crippen LogP contribution in [0.3, 0.4) is 0 Å². The maximum absolute atomic E-state index is 12.8. The quantitative estimate of drug-likeness (QED) is 0.861. The molecular formula is C16H19FN2. The maximum atomic E-state index is 12.8. The van der Waals surface area contributed by atoms with Crippen molar-refractivity contribution in [1.82, 2.24) is 10.3 Å². The first-order valence-electron chi connectivity index (χ1n) is 6.62. The third-order valence-electron chi connectivity index (χ3n) is 3.06. The van der Waals surface area contributed by atoms with Crippen molar-refractivity contribution in [2.45, 2.75) is 25.8 Å². The number of benzene rings is 1. The van der Waals surface area contributed by atoms with Gasteiger partial charge in [0.1, 0.15) is 5.82 Å². The fourth-order valence-corrected chi connectivity index (χ4v) is 2.04. The van der Waals surface area contributed by atoms with Gasteiger partial charge in [0.2, 0.25) is 0 Å². The van der Waals surface area contributed by atoms with Gasteiger partial charge >= 0.3 is 0 Å². The minimum absolute atomic E-state index is 0.181. The van der Waals surface area contributed by atoms with E-state index in [2.05, 4.69) is 17.2 Å². The number of nitrogens with one attached hydrogen (secondary N) is 1. The molecule has 1 aromatic carbocycles. The van der Waals surface area contributed by atoms with Crippen LogP contribution in [0.4, 0.5) is 4.39 Å². The van der Waals surface area contributed by atoms with Gasteiger partial charge in [-0.25, -0.2) is 4.39 Å². The SMILES string of the molecule is CC(Cc1ccc(F)cc1)NCCc1ccccn1. The molecule has 1 aromatic heterocycles. The van der Waals surface area contributed by atoms with E-state index >= 15 is 0 Å². The number of rotatable bonds is 6. The van der Waals surface area contributed by atoms with Gasteiger partial charge in [-0.05, 0) is 43.2 Å². The fourth-order valence-electron chi connectivity index (χ4n) is 2.04. The molecule has 19 heavy (non-hydrogen) atoms. The third-order valence-corrected chi connectivity index (χ3v) is 3.06. The molecule has 100 valence electrons. The van der Waals surface area contributed by atoms with Crippen LogP contribution in [0.5, 0.6) is 0 Å². The summed E-state index contributed by atoms with van der Waals surface area (Å²) >= 11 is 0. The van der Waals surface area contributed by atoms with E-state index in [1.807, 2.05) is 36.5 Å². The summed E-state index contributed by atoms with van der Waals surface area (Å²) in [5.74, 6) is -0.181. The Hall–Kier alpha value is -1.74. The Morgan fingerprint density at radius 1 is 1.16 bits per heavy atom. The molecule has 2 aromatic rings. The smallest absolute Gasteiger partial charge is 0.123 e. The Kier molecular flexibility index (Phi) is 5.04. The van der Waals surface area contributed by atoms with Gasteiger partial charge in [0, 0.05) is 30.9 Å². The molecule has 2 nitrogen and oxygen atoms in total. The van der Waals surface area contributed by atoms with Crippen LogP contribution in [-0.4, -0.2) is 17.6 Å². The molecule has 0 amide bonds. The van der Waals surface area contributed by atoms with Crippen LogP contribution >= 0.6 is 0 Å². The van der Waals surface area contributed by atoms with E-state index in [1.54, 1.807) is 0 Å². The molecule has 1 heterocycles. The first-order valence-corrected chi connectivity index (χ1v) is 6.62. The van der Waals surface area contributed by atoms with E-state index in [-0.39, 0.29) is 5.82 Å². The number of aromatic nitrogens is 1. The zero-order chi connectivity index (χ0) is 13.5. The van der Waals surface area contributed by atoms with Gasteiger partial charge in [0.25, 0.3) is 0 Å². The van der Waals surface area contributed by atoms with E-state index in [1.165, 1.54) is 12.1 Å². The van der Waals surface area contributed by atoms with Crippen molar-refractivity contribution in [3.63, 3.8) is 0 Å². The highest BCUT2D eigenvalue weighted by Gasteiger charge is 2.03. The topological polar surface area (TPSA) is 24.9 Å². The summed E-state index contributed by atoms with van der Waals surface area (Å²) in [5.41, 5.74) is 2.25. The Labute approximate surface area is 113 Å². The van der Waals surface area contributed by atoms with Crippen molar-refractivity contribution in [2.24, 2.45) is 0 Å². The summed E-state index contributed by atoms with van der Waals surface area (Å²) < 4.78 is 12.8. The van der Waals surface area contributed by atoms with Crippen molar-refractivity contribution < 1.29 is 4.39 Å². The van der Waals surface area contributed by atoms with E-state index < -0.39 is 0 Å². The summed E-state index contributed by atoms with van der Waals surface area (Å²) in [6.45, 7) is 3.04. The zero-order valence-corrected chi connectivity index (χ0v) is 11.1. The maximum Gasteiger partial charge on any atom is 0.123 e. The van der Waals surface area contributed by atoms with E-state index in [0.717, 1.165) is 30.6 Å². The molecule has 3 heteroatoms. The zero-order valence-electron chi connectivity index (χ0n) is 11.1. The molecule has 1 atom stereocenters. The van der Waals surface area contributed by atoms with Crippen molar-refractivity contribution in [1.29, 1.82) is 0 Å². The second kappa shape index (κ2) is 7.00. The van der Waals surface area contributed by atoms with Crippen molar-refractivity contribution in [2.75, 3.05) is 6.54 Å². The van der Waals surface area contributed by atoms with Crippen molar-refractivity contribution in [3.8, 4) is 0 Å². The van der Waals surface area contributed by atoms with E-state index in [9.17, 15) is 4.39 Å². The van der Waals surface area contributed by atoms with E-state index in [4.69, 9.17) is 0 Å². The average molecular weight is 258 g/mol. The lowest BCUT2D eigenvalue weighted by molar-refractivity contribution is 0.545. The Balaban J connectivity index is 1.73. The van der Waals surface area contributed by atoms with Gasteiger partial charge in [-0.3, -0.25) is 4.98 Å². The fraction of sp³-hybridized carbons (Fsp3) is 0.312. The van der Waals surface area contributed by atoms with Gasteiger partial charge < -0.3 is 5.32 Å². The Morgan fingerprint density at radius 2 is 1.95 bits per heavy atom. The Bertz CT molecular complexity index is 482. The molecule has 0 spiro atoms. The van der Waals surface area contributed by atoms with E-state index in [0.29, 0.717) is 6.04 Å². The molecule has 0 saturated carbocycles. The second-order valence-electron chi connectivity index (χ2n) is 4.76. The highest BCUT2D eigenvalue weighted by Crippen LogP contribution is 2.05. The Morgan fingerprint density at radius 3 is 2.63 bits per heavy atom. The molecule has 2 rings (SSSR count). The molecule has 1 unspecified atom stereocenters. The monoisotopic (exact) mass is 258 g/mol. The van der Waals surface area contributed by atoms with Crippen LogP contribution in [0, 0.1) is 5.82 Å². The minimum atomic E-state index is -0.181. The van der Waals surface area contributed by atoms with Gasteiger partial charge in [-0.15, -0.1) is 0 Å². The van der Waals surface area contributed by atoms with Crippen molar-refractivity contribution >= 4 is 0 Å². The molecule has 0 fully saturated rings. The minimum Gasteiger partial charge on any atom is -0.314 e. The first-order chi connectivity index (χ1) is 9.24. The second-order valence-corrected chi connectivity index (χ2v) is 4.76. The molecule has 0 saturated heterocycles. The first kappa shape index (κ1) is 13.7. The molecule has 0 radical (unpaired) electrons. The number of nitrogens with zero attached hydrogens (tertiary/aromatic N) is 1. The number of halogens is 1. The summed E-state index contributed by atoms with van der Waals surface area (Å²) in [7, 11) is 0. The van der Waals surface area contributed by atoms with Crippen molar-refractivity contribution in [3.05, 3.63) is 65.7 Å². The number of hydrogen-bond donors (Lipinski definition) is 1. The molecule has 0 bridgehead atoms. The lowest BCUT2D eigenvalue weighted by Gasteiger charge is -2.13. The molecule has 1 N–H and O–H groups in total. The highest BCUT2D eigenvalue weighted by molar-refractivity contribution is 5.17. The normalized spacial score (nSPS) is 12.3. The van der Waals surface area contributed by atoms with Crippen LogP contribution in [0.15, 0.2) is 48.7 Å². The average Bonchev–Trinajstić information content (AvgIpc) is 2.43. The van der Waals surface area contributed by atoms with Crippen LogP contribution in [0.25, 0.3) is 0 Å². The summed E-state index contributed by atoms with van der Waals surface area (Å²) in [5, 5.41) is 3.46. The van der Waals surface area contributed by atoms with Gasteiger partial charge in [-0.1, -0.05) is 18.2 Å².